The smallest absolute Gasteiger partial charge is 0.315 e. The van der Waals surface area contributed by atoms with Crippen molar-refractivity contribution in [1.29, 1.82) is 0 Å². The summed E-state index contributed by atoms with van der Waals surface area (Å²) in [5.41, 5.74) is 0. The second kappa shape index (κ2) is 17.2. The predicted molar refractivity (Wildman–Crippen MR) is 186 cm³/mol. The number of hydrogen-bond acceptors (Lipinski definition) is 3. The van der Waals surface area contributed by atoms with Crippen molar-refractivity contribution in [3.05, 3.63) is 182 Å². The van der Waals surface area contributed by atoms with E-state index in [9.17, 15) is 9.13 Å². The van der Waals surface area contributed by atoms with Gasteiger partial charge in [0, 0.05) is 16.5 Å². The summed E-state index contributed by atoms with van der Waals surface area (Å²) in [6, 6.07) is 59.7. The van der Waals surface area contributed by atoms with Gasteiger partial charge >= 0.3 is 14.3 Å². The molecule has 0 atom stereocenters. The average molecular weight is 714 g/mol. The third-order valence-electron chi connectivity index (χ3n) is 6.78. The van der Waals surface area contributed by atoms with Crippen molar-refractivity contribution in [2.45, 2.75) is 0 Å². The minimum atomic E-state index is -4.92. The van der Waals surface area contributed by atoms with Crippen molar-refractivity contribution < 1.29 is 43.1 Å². The Kier molecular flexibility index (Phi) is 13.7. The Labute approximate surface area is 280 Å². The summed E-state index contributed by atoms with van der Waals surface area (Å²) in [6.07, 6.45) is 0. The molecule has 6 nitrogen and oxygen atoms in total. The molecular weight excluding hydrogens is 681 g/mol. The maximum absolute atomic E-state index is 11.5. The third kappa shape index (κ3) is 9.58. The quantitative estimate of drug-likeness (QED) is 0.0802. The monoisotopic (exact) mass is 713 g/mol. The SMILES string of the molecule is O=S(=O)([O-])O.[Ni].[OH+]=P(c1ccccc1)(c1ccccc1)c1ccccc1.[OH+]=P(c1ccccc1)(c1ccccc1)c1ccccc1. The van der Waals surface area contributed by atoms with Gasteiger partial charge in [-0.2, -0.15) is 0 Å². The summed E-state index contributed by atoms with van der Waals surface area (Å²) in [7, 11) is -9.97. The maximum Gasteiger partial charge on any atom is 0.315 e. The van der Waals surface area contributed by atoms with Crippen LogP contribution in [0.25, 0.3) is 0 Å². The summed E-state index contributed by atoms with van der Waals surface area (Å²) >= 11 is 0. The van der Waals surface area contributed by atoms with Gasteiger partial charge in [0.25, 0.3) is 0 Å². The molecule has 0 bridgehead atoms. The molecule has 238 valence electrons. The zero-order valence-corrected chi connectivity index (χ0v) is 28.1. The summed E-state index contributed by atoms with van der Waals surface area (Å²) in [6.45, 7) is 0. The fourth-order valence-corrected chi connectivity index (χ4v) is 10.2. The molecule has 6 aromatic carbocycles. The molecule has 0 aromatic heterocycles. The second-order valence-corrected chi connectivity index (χ2v) is 16.2. The Hall–Kier alpha value is -3.86. The van der Waals surface area contributed by atoms with Crippen LogP contribution < -0.4 is 31.8 Å². The van der Waals surface area contributed by atoms with Gasteiger partial charge in [-0.25, -0.2) is 8.42 Å². The molecule has 0 saturated heterocycles. The van der Waals surface area contributed by atoms with Gasteiger partial charge in [-0.3, -0.25) is 4.55 Å². The van der Waals surface area contributed by atoms with Gasteiger partial charge in [0.05, 0.1) is 31.8 Å². The van der Waals surface area contributed by atoms with E-state index in [1.54, 1.807) is 0 Å². The molecule has 6 aromatic rings. The van der Waals surface area contributed by atoms with Crippen LogP contribution in [0.2, 0.25) is 0 Å². The first-order valence-corrected chi connectivity index (χ1v) is 18.7. The fourth-order valence-electron chi connectivity index (χ4n) is 4.76. The zero-order chi connectivity index (χ0) is 32.2. The molecule has 0 aliphatic rings. The summed E-state index contributed by atoms with van der Waals surface area (Å²) in [5, 5.41) is 5.90. The van der Waals surface area contributed by atoms with Crippen molar-refractivity contribution in [1.82, 2.24) is 0 Å². The van der Waals surface area contributed by atoms with Crippen LogP contribution in [0.4, 0.5) is 0 Å². The molecule has 0 heterocycles. The molecule has 3 N–H and O–H groups in total. The third-order valence-corrected chi connectivity index (χ3v) is 13.1. The maximum atomic E-state index is 11.5. The van der Waals surface area contributed by atoms with Gasteiger partial charge in [0.1, 0.15) is 0 Å². The minimum absolute atomic E-state index is 0. The standard InChI is InChI=1S/2C18H15OP.Ni.H2O4S/c2*19-20(16-10-4-1-5-11-16,17-12-6-2-7-13-17)18-14-8-3-9-15-18;;1-5(2,3)4/h2*1-15H;;(H2,1,2,3,4)/p+1. The summed E-state index contributed by atoms with van der Waals surface area (Å²) in [5.74, 6) is 0. The molecule has 0 fully saturated rings. The van der Waals surface area contributed by atoms with Crippen molar-refractivity contribution in [2.75, 3.05) is 0 Å². The van der Waals surface area contributed by atoms with E-state index in [4.69, 9.17) is 17.5 Å². The molecule has 6 rings (SSSR count). The van der Waals surface area contributed by atoms with Crippen LogP contribution in [-0.2, 0) is 26.9 Å². The molecule has 0 aliphatic heterocycles. The Morgan fingerprint density at radius 3 is 0.609 bits per heavy atom. The van der Waals surface area contributed by atoms with Crippen molar-refractivity contribution >= 4 is 56.5 Å². The molecule has 10 heteroatoms. The van der Waals surface area contributed by atoms with Crippen LogP contribution in [0.1, 0.15) is 0 Å². The Bertz CT molecular complexity index is 1620. The van der Waals surface area contributed by atoms with Crippen LogP contribution in [-0.4, -0.2) is 26.7 Å². The van der Waals surface area contributed by atoms with E-state index >= 15 is 0 Å². The first-order chi connectivity index (χ1) is 21.6. The number of rotatable bonds is 6. The van der Waals surface area contributed by atoms with E-state index < -0.39 is 24.7 Å². The molecule has 0 saturated carbocycles. The van der Waals surface area contributed by atoms with E-state index in [2.05, 4.69) is 0 Å². The minimum Gasteiger partial charge on any atom is -0.726 e. The van der Waals surface area contributed by atoms with E-state index in [-0.39, 0.29) is 16.5 Å². The van der Waals surface area contributed by atoms with Gasteiger partial charge in [-0.1, -0.05) is 109 Å². The van der Waals surface area contributed by atoms with E-state index in [0.29, 0.717) is 0 Å². The first kappa shape index (κ1) is 36.6. The van der Waals surface area contributed by atoms with Crippen LogP contribution in [0.15, 0.2) is 182 Å². The van der Waals surface area contributed by atoms with E-state index in [0.717, 1.165) is 31.8 Å². The van der Waals surface area contributed by atoms with Crippen molar-refractivity contribution in [3.8, 4) is 0 Å². The van der Waals surface area contributed by atoms with Gasteiger partial charge in [-0.05, 0) is 72.8 Å². The van der Waals surface area contributed by atoms with Gasteiger partial charge in [0.15, 0.2) is 0 Å². The molecule has 0 aliphatic carbocycles. The summed E-state index contributed by atoms with van der Waals surface area (Å²) < 4.78 is 55.9. The molecule has 0 spiro atoms. The Balaban J connectivity index is 0.000000215. The van der Waals surface area contributed by atoms with E-state index in [1.807, 2.05) is 182 Å². The number of hydrogen-bond donors (Lipinski definition) is 1. The molecular formula is C36H33NiO6P2S+. The van der Waals surface area contributed by atoms with Crippen LogP contribution >= 0.6 is 14.3 Å². The van der Waals surface area contributed by atoms with Crippen molar-refractivity contribution in [3.63, 3.8) is 0 Å². The zero-order valence-electron chi connectivity index (χ0n) is 24.5. The first-order valence-electron chi connectivity index (χ1n) is 13.9. The number of benzene rings is 6. The predicted octanol–water partition coefficient (Wildman–Crippen LogP) is 5.54. The van der Waals surface area contributed by atoms with Crippen LogP contribution in [0.5, 0.6) is 0 Å². The summed E-state index contributed by atoms with van der Waals surface area (Å²) in [4.78, 5) is 0. The molecule has 0 amide bonds. The molecule has 0 unspecified atom stereocenters. The van der Waals surface area contributed by atoms with Gasteiger partial charge in [-0.15, -0.1) is 0 Å². The van der Waals surface area contributed by atoms with Gasteiger partial charge in [0.2, 0.25) is 10.4 Å². The largest absolute Gasteiger partial charge is 0.726 e. The van der Waals surface area contributed by atoms with Crippen LogP contribution in [0, 0.1) is 0 Å². The Morgan fingerprint density at radius 2 is 0.500 bits per heavy atom. The second-order valence-electron chi connectivity index (χ2n) is 9.71. The van der Waals surface area contributed by atoms with Crippen LogP contribution in [0.3, 0.4) is 0 Å². The van der Waals surface area contributed by atoms with Gasteiger partial charge < -0.3 is 13.7 Å². The molecule has 46 heavy (non-hydrogen) atoms. The average Bonchev–Trinajstić information content (AvgIpc) is 3.09. The fraction of sp³-hybridized carbons (Fsp3) is 0. The van der Waals surface area contributed by atoms with Crippen molar-refractivity contribution in [2.24, 2.45) is 0 Å². The normalized spacial score (nSPS) is 11.0. The topological polar surface area (TPSA) is 120 Å². The Morgan fingerprint density at radius 1 is 0.391 bits per heavy atom. The van der Waals surface area contributed by atoms with E-state index in [1.165, 1.54) is 0 Å². The molecule has 0 radical (unpaired) electrons.